The van der Waals surface area contributed by atoms with E-state index in [1.54, 1.807) is 25.1 Å². The molecular weight excluding hydrogens is 348 g/mol. The van der Waals surface area contributed by atoms with Crippen molar-refractivity contribution < 1.29 is 14.3 Å². The molecule has 0 fully saturated rings. The van der Waals surface area contributed by atoms with Gasteiger partial charge in [-0.25, -0.2) is 9.59 Å². The van der Waals surface area contributed by atoms with Crippen molar-refractivity contribution >= 4 is 40.6 Å². The average Bonchev–Trinajstić information content (AvgIpc) is 2.91. The maximum Gasteiger partial charge on any atom is 0.350 e. The molecule has 0 aliphatic carbocycles. The summed E-state index contributed by atoms with van der Waals surface area (Å²) in [4.78, 5) is 25.3. The molecule has 0 spiro atoms. The Kier molecular flexibility index (Phi) is 6.23. The first-order valence-corrected chi connectivity index (χ1v) is 8.74. The van der Waals surface area contributed by atoms with E-state index in [4.69, 9.17) is 16.3 Å². The lowest BCUT2D eigenvalue weighted by Gasteiger charge is -2.10. The fraction of sp³-hybridized carbons (Fsp3) is 0.294. The Morgan fingerprint density at radius 2 is 1.92 bits per heavy atom. The molecular formula is C17H19ClN2O3S. The normalized spacial score (nSPS) is 10.5. The van der Waals surface area contributed by atoms with E-state index >= 15 is 0 Å². The minimum absolute atomic E-state index is 0.00888. The summed E-state index contributed by atoms with van der Waals surface area (Å²) in [5, 5.41) is 6.08. The Morgan fingerprint density at radius 1 is 1.25 bits per heavy atom. The van der Waals surface area contributed by atoms with E-state index in [0.29, 0.717) is 15.6 Å². The molecule has 2 amide bonds. The lowest BCUT2D eigenvalue weighted by Crippen LogP contribution is -2.34. The van der Waals surface area contributed by atoms with Crippen LogP contribution in [0.15, 0.2) is 30.3 Å². The molecule has 0 radical (unpaired) electrons. The van der Waals surface area contributed by atoms with Crippen molar-refractivity contribution in [1.29, 1.82) is 0 Å². The molecule has 7 heteroatoms. The van der Waals surface area contributed by atoms with Gasteiger partial charge in [0.15, 0.2) is 0 Å². The smallest absolute Gasteiger partial charge is 0.350 e. The van der Waals surface area contributed by atoms with Crippen LogP contribution in [0.2, 0.25) is 5.02 Å². The molecule has 1 aromatic carbocycles. The van der Waals surface area contributed by atoms with Crippen LogP contribution in [0, 0.1) is 0 Å². The molecule has 1 aromatic heterocycles. The molecule has 2 N–H and O–H groups in total. The fourth-order valence-electron chi connectivity index (χ4n) is 2.01. The summed E-state index contributed by atoms with van der Waals surface area (Å²) in [5.41, 5.74) is 1.34. The Bertz CT molecular complexity index is 726. The van der Waals surface area contributed by atoms with E-state index in [9.17, 15) is 9.59 Å². The number of carbonyl (C=O) groups is 2. The van der Waals surface area contributed by atoms with Crippen LogP contribution in [-0.2, 0) is 4.74 Å². The van der Waals surface area contributed by atoms with Crippen LogP contribution < -0.4 is 10.6 Å². The molecule has 0 saturated heterocycles. The van der Waals surface area contributed by atoms with Crippen LogP contribution >= 0.6 is 22.9 Å². The number of hydrogen-bond donors (Lipinski definition) is 2. The maximum atomic E-state index is 12.2. The topological polar surface area (TPSA) is 67.4 Å². The Morgan fingerprint density at radius 3 is 2.50 bits per heavy atom. The third-order valence-electron chi connectivity index (χ3n) is 2.99. The van der Waals surface area contributed by atoms with Crippen LogP contribution in [-0.4, -0.2) is 24.6 Å². The second-order valence-electron chi connectivity index (χ2n) is 5.33. The zero-order valence-corrected chi connectivity index (χ0v) is 15.3. The minimum Gasteiger partial charge on any atom is -0.462 e. The number of carbonyl (C=O) groups excluding carboxylic acids is 2. The minimum atomic E-state index is -0.456. The second kappa shape index (κ2) is 8.17. The summed E-state index contributed by atoms with van der Waals surface area (Å²) < 4.78 is 5.08. The maximum absolute atomic E-state index is 12.2. The fourth-order valence-corrected chi connectivity index (χ4v) is 3.15. The molecule has 0 saturated carbocycles. The number of amides is 2. The summed E-state index contributed by atoms with van der Waals surface area (Å²) in [5.74, 6) is -0.456. The van der Waals surface area contributed by atoms with Gasteiger partial charge in [-0.05, 0) is 44.5 Å². The summed E-state index contributed by atoms with van der Waals surface area (Å²) in [7, 11) is 0. The zero-order chi connectivity index (χ0) is 17.7. The number of hydrogen-bond acceptors (Lipinski definition) is 4. The number of anilines is 1. The van der Waals surface area contributed by atoms with Crippen molar-refractivity contribution in [2.45, 2.75) is 26.8 Å². The highest BCUT2D eigenvalue weighted by Crippen LogP contribution is 2.35. The molecule has 5 nitrogen and oxygen atoms in total. The van der Waals surface area contributed by atoms with Gasteiger partial charge >= 0.3 is 12.0 Å². The van der Waals surface area contributed by atoms with Gasteiger partial charge in [0.2, 0.25) is 0 Å². The molecule has 24 heavy (non-hydrogen) atoms. The van der Waals surface area contributed by atoms with E-state index in [-0.39, 0.29) is 18.7 Å². The number of esters is 1. The molecule has 2 aromatic rings. The number of halogens is 1. The number of urea groups is 1. The van der Waals surface area contributed by atoms with Gasteiger partial charge in [-0.3, -0.25) is 0 Å². The average molecular weight is 367 g/mol. The quantitative estimate of drug-likeness (QED) is 0.748. The lowest BCUT2D eigenvalue weighted by atomic mass is 10.2. The summed E-state index contributed by atoms with van der Waals surface area (Å²) >= 11 is 7.18. The summed E-state index contributed by atoms with van der Waals surface area (Å²) in [6.45, 7) is 5.73. The molecule has 1 heterocycles. The van der Waals surface area contributed by atoms with Gasteiger partial charge in [-0.15, -0.1) is 11.3 Å². The number of benzene rings is 1. The van der Waals surface area contributed by atoms with Crippen molar-refractivity contribution in [3.05, 3.63) is 40.2 Å². The second-order valence-corrected chi connectivity index (χ2v) is 6.82. The predicted octanol–water partition coefficient (Wildman–Crippen LogP) is 4.78. The molecule has 0 unspecified atom stereocenters. The highest BCUT2D eigenvalue weighted by atomic mass is 35.5. The van der Waals surface area contributed by atoms with Crippen LogP contribution in [0.5, 0.6) is 0 Å². The first kappa shape index (κ1) is 18.3. The van der Waals surface area contributed by atoms with Crippen LogP contribution in [0.3, 0.4) is 0 Å². The Hall–Kier alpha value is -2.05. The van der Waals surface area contributed by atoms with E-state index in [1.807, 2.05) is 26.0 Å². The van der Waals surface area contributed by atoms with Gasteiger partial charge in [0.25, 0.3) is 0 Å². The molecule has 0 aliphatic rings. The van der Waals surface area contributed by atoms with Crippen molar-refractivity contribution in [2.75, 3.05) is 11.9 Å². The predicted molar refractivity (Wildman–Crippen MR) is 98.0 cm³/mol. The van der Waals surface area contributed by atoms with Gasteiger partial charge in [0.05, 0.1) is 12.3 Å². The van der Waals surface area contributed by atoms with Gasteiger partial charge in [-0.2, -0.15) is 0 Å². The van der Waals surface area contributed by atoms with E-state index in [1.165, 1.54) is 11.3 Å². The molecule has 0 aliphatic heterocycles. The molecule has 2 rings (SSSR count). The largest absolute Gasteiger partial charge is 0.462 e. The van der Waals surface area contributed by atoms with Crippen LogP contribution in [0.25, 0.3) is 10.4 Å². The van der Waals surface area contributed by atoms with Crippen molar-refractivity contribution in [3.63, 3.8) is 0 Å². The first-order valence-electron chi connectivity index (χ1n) is 7.55. The van der Waals surface area contributed by atoms with Gasteiger partial charge in [0.1, 0.15) is 4.88 Å². The summed E-state index contributed by atoms with van der Waals surface area (Å²) in [6.07, 6.45) is 0. The van der Waals surface area contributed by atoms with Crippen LogP contribution in [0.1, 0.15) is 30.4 Å². The van der Waals surface area contributed by atoms with Crippen molar-refractivity contribution in [2.24, 2.45) is 0 Å². The van der Waals surface area contributed by atoms with E-state index in [0.717, 1.165) is 10.4 Å². The van der Waals surface area contributed by atoms with Gasteiger partial charge < -0.3 is 15.4 Å². The highest BCUT2D eigenvalue weighted by Gasteiger charge is 2.20. The number of nitrogens with one attached hydrogen (secondary N) is 2. The molecule has 0 atom stereocenters. The third kappa shape index (κ3) is 4.72. The Labute approximate surface area is 150 Å². The Balaban J connectivity index is 2.34. The van der Waals surface area contributed by atoms with Gasteiger partial charge in [-0.1, -0.05) is 23.7 Å². The van der Waals surface area contributed by atoms with Crippen molar-refractivity contribution in [3.8, 4) is 10.4 Å². The van der Waals surface area contributed by atoms with Crippen molar-refractivity contribution in [1.82, 2.24) is 5.32 Å². The number of ether oxygens (including phenoxy) is 1. The highest BCUT2D eigenvalue weighted by molar-refractivity contribution is 7.18. The standard InChI is InChI=1S/C17H19ClN2O3S/c1-4-23-16(21)15-13(20-17(22)19-10(2)3)9-14(24-15)11-5-7-12(18)8-6-11/h5-10H,4H2,1-3H3,(H2,19,20,22). The number of rotatable bonds is 5. The molecule has 128 valence electrons. The summed E-state index contributed by atoms with van der Waals surface area (Å²) in [6, 6.07) is 8.67. The third-order valence-corrected chi connectivity index (χ3v) is 4.41. The van der Waals surface area contributed by atoms with Crippen LogP contribution in [0.4, 0.5) is 10.5 Å². The van der Waals surface area contributed by atoms with E-state index < -0.39 is 5.97 Å². The van der Waals surface area contributed by atoms with E-state index in [2.05, 4.69) is 10.6 Å². The first-order chi connectivity index (χ1) is 11.4. The lowest BCUT2D eigenvalue weighted by molar-refractivity contribution is 0.0533. The van der Waals surface area contributed by atoms with Gasteiger partial charge in [0, 0.05) is 15.9 Å². The zero-order valence-electron chi connectivity index (χ0n) is 13.7. The monoisotopic (exact) mass is 366 g/mol. The molecule has 0 bridgehead atoms. The SMILES string of the molecule is CCOC(=O)c1sc(-c2ccc(Cl)cc2)cc1NC(=O)NC(C)C. The number of thiophene rings is 1.